The molecule has 132 valence electrons. The normalized spacial score (nSPS) is 10.4. The van der Waals surface area contributed by atoms with Gasteiger partial charge < -0.3 is 10.1 Å². The Bertz CT molecular complexity index is 900. The van der Waals surface area contributed by atoms with Gasteiger partial charge in [-0.1, -0.05) is 54.1 Å². The Morgan fingerprint density at radius 3 is 2.54 bits per heavy atom. The van der Waals surface area contributed by atoms with Crippen molar-refractivity contribution >= 4 is 35.0 Å². The van der Waals surface area contributed by atoms with E-state index in [2.05, 4.69) is 17.4 Å². The van der Waals surface area contributed by atoms with Gasteiger partial charge >= 0.3 is 0 Å². The fourth-order valence-corrected chi connectivity index (χ4v) is 3.66. The molecule has 0 spiro atoms. The van der Waals surface area contributed by atoms with Crippen molar-refractivity contribution < 1.29 is 9.53 Å². The zero-order valence-corrected chi connectivity index (χ0v) is 15.8. The maximum absolute atomic E-state index is 12.8. The van der Waals surface area contributed by atoms with Crippen molar-refractivity contribution in [3.05, 3.63) is 88.9 Å². The molecule has 1 N–H and O–H groups in total. The van der Waals surface area contributed by atoms with Crippen LogP contribution in [0.25, 0.3) is 0 Å². The molecule has 1 amide bonds. The minimum Gasteiger partial charge on any atom is -0.495 e. The van der Waals surface area contributed by atoms with Gasteiger partial charge in [0.15, 0.2) is 0 Å². The highest BCUT2D eigenvalue weighted by atomic mass is 35.5. The number of hydrogen-bond acceptors (Lipinski definition) is 3. The first-order valence-corrected chi connectivity index (χ1v) is 9.44. The molecule has 3 rings (SSSR count). The Hall–Kier alpha value is -2.43. The lowest BCUT2D eigenvalue weighted by Crippen LogP contribution is -2.13. The number of thioether (sulfide) groups is 1. The Morgan fingerprint density at radius 2 is 1.77 bits per heavy atom. The molecule has 0 bridgehead atoms. The summed E-state index contributed by atoms with van der Waals surface area (Å²) in [7, 11) is 1.56. The quantitative estimate of drug-likeness (QED) is 0.539. The van der Waals surface area contributed by atoms with Gasteiger partial charge in [-0.3, -0.25) is 4.79 Å². The third kappa shape index (κ3) is 4.59. The van der Waals surface area contributed by atoms with Crippen molar-refractivity contribution in [2.45, 2.75) is 10.6 Å². The van der Waals surface area contributed by atoms with Crippen molar-refractivity contribution in [1.29, 1.82) is 0 Å². The summed E-state index contributed by atoms with van der Waals surface area (Å²) in [6.45, 7) is 0. The van der Waals surface area contributed by atoms with E-state index >= 15 is 0 Å². The van der Waals surface area contributed by atoms with Gasteiger partial charge in [-0.2, -0.15) is 0 Å². The van der Waals surface area contributed by atoms with Crippen molar-refractivity contribution in [3.63, 3.8) is 0 Å². The van der Waals surface area contributed by atoms with Crippen LogP contribution >= 0.6 is 23.4 Å². The third-order valence-electron chi connectivity index (χ3n) is 3.78. The fourth-order valence-electron chi connectivity index (χ4n) is 2.48. The highest BCUT2D eigenvalue weighted by Gasteiger charge is 2.14. The maximum atomic E-state index is 12.8. The Labute approximate surface area is 162 Å². The summed E-state index contributed by atoms with van der Waals surface area (Å²) in [6, 6.07) is 22.9. The van der Waals surface area contributed by atoms with Crippen molar-refractivity contribution in [2.75, 3.05) is 12.4 Å². The van der Waals surface area contributed by atoms with Crippen LogP contribution in [0, 0.1) is 0 Å². The molecule has 0 radical (unpaired) electrons. The van der Waals surface area contributed by atoms with Crippen LogP contribution in [0.15, 0.2) is 77.7 Å². The number of carbonyl (C=O) groups is 1. The van der Waals surface area contributed by atoms with Crippen LogP contribution in [-0.2, 0) is 5.75 Å². The van der Waals surface area contributed by atoms with Crippen molar-refractivity contribution in [3.8, 4) is 5.75 Å². The molecule has 0 aromatic heterocycles. The van der Waals surface area contributed by atoms with Crippen LogP contribution in [0.3, 0.4) is 0 Å². The van der Waals surface area contributed by atoms with E-state index < -0.39 is 0 Å². The Morgan fingerprint density at radius 1 is 1.04 bits per heavy atom. The van der Waals surface area contributed by atoms with Crippen molar-refractivity contribution in [2.24, 2.45) is 0 Å². The first-order chi connectivity index (χ1) is 12.7. The van der Waals surface area contributed by atoms with E-state index in [1.165, 1.54) is 5.56 Å². The van der Waals surface area contributed by atoms with Gasteiger partial charge in [0, 0.05) is 15.7 Å². The van der Waals surface area contributed by atoms with Gasteiger partial charge in [-0.25, -0.2) is 0 Å². The molecular formula is C21H18ClNO2S. The molecular weight excluding hydrogens is 366 g/mol. The van der Waals surface area contributed by atoms with Crippen molar-refractivity contribution in [1.82, 2.24) is 0 Å². The van der Waals surface area contributed by atoms with E-state index in [-0.39, 0.29) is 5.91 Å². The minimum absolute atomic E-state index is 0.193. The summed E-state index contributed by atoms with van der Waals surface area (Å²) >= 11 is 7.68. The van der Waals surface area contributed by atoms with E-state index in [4.69, 9.17) is 16.3 Å². The average Bonchev–Trinajstić information content (AvgIpc) is 2.67. The molecule has 3 aromatic carbocycles. The van der Waals surface area contributed by atoms with E-state index in [0.29, 0.717) is 22.0 Å². The first-order valence-electron chi connectivity index (χ1n) is 8.08. The van der Waals surface area contributed by atoms with Crippen LogP contribution in [0.2, 0.25) is 5.02 Å². The number of hydrogen-bond donors (Lipinski definition) is 1. The van der Waals surface area contributed by atoms with E-state index in [9.17, 15) is 4.79 Å². The van der Waals surface area contributed by atoms with E-state index in [1.807, 2.05) is 42.5 Å². The second-order valence-electron chi connectivity index (χ2n) is 5.57. The van der Waals surface area contributed by atoms with Gasteiger partial charge in [0.25, 0.3) is 5.91 Å². The molecule has 3 nitrogen and oxygen atoms in total. The molecule has 0 fully saturated rings. The number of halogens is 1. The number of rotatable bonds is 6. The Kier molecular flexibility index (Phi) is 6.21. The topological polar surface area (TPSA) is 38.3 Å². The summed E-state index contributed by atoms with van der Waals surface area (Å²) in [5, 5.41) is 3.43. The van der Waals surface area contributed by atoms with Gasteiger partial charge in [-0.15, -0.1) is 11.8 Å². The predicted molar refractivity (Wildman–Crippen MR) is 108 cm³/mol. The van der Waals surface area contributed by atoms with E-state index in [1.54, 1.807) is 37.1 Å². The minimum atomic E-state index is -0.193. The Balaban J connectivity index is 1.79. The molecule has 0 aliphatic heterocycles. The average molecular weight is 384 g/mol. The number of nitrogens with one attached hydrogen (secondary N) is 1. The smallest absolute Gasteiger partial charge is 0.256 e. The monoisotopic (exact) mass is 383 g/mol. The second kappa shape index (κ2) is 8.79. The van der Waals surface area contributed by atoms with Crippen LogP contribution < -0.4 is 10.1 Å². The highest BCUT2D eigenvalue weighted by Crippen LogP contribution is 2.30. The lowest BCUT2D eigenvalue weighted by atomic mass is 10.2. The maximum Gasteiger partial charge on any atom is 0.256 e. The molecule has 0 saturated carbocycles. The van der Waals surface area contributed by atoms with Gasteiger partial charge in [0.05, 0.1) is 18.4 Å². The summed E-state index contributed by atoms with van der Waals surface area (Å²) in [4.78, 5) is 13.7. The lowest BCUT2D eigenvalue weighted by Gasteiger charge is -2.13. The zero-order chi connectivity index (χ0) is 18.4. The van der Waals surface area contributed by atoms with Crippen LogP contribution in [-0.4, -0.2) is 13.0 Å². The predicted octanol–water partition coefficient (Wildman–Crippen LogP) is 5.89. The molecule has 0 atom stereocenters. The number of amides is 1. The van der Waals surface area contributed by atoms with Crippen LogP contribution in [0.4, 0.5) is 5.69 Å². The van der Waals surface area contributed by atoms with Crippen LogP contribution in [0.5, 0.6) is 5.75 Å². The SMILES string of the molecule is COc1ccc(Cl)cc1NC(=O)c1ccccc1SCc1ccccc1. The molecule has 26 heavy (non-hydrogen) atoms. The molecule has 0 aliphatic rings. The van der Waals surface area contributed by atoms with E-state index in [0.717, 1.165) is 10.6 Å². The summed E-state index contributed by atoms with van der Waals surface area (Å²) in [5.74, 6) is 1.17. The molecule has 3 aromatic rings. The zero-order valence-electron chi connectivity index (χ0n) is 14.2. The number of benzene rings is 3. The highest BCUT2D eigenvalue weighted by molar-refractivity contribution is 7.98. The fraction of sp³-hybridized carbons (Fsp3) is 0.0952. The lowest BCUT2D eigenvalue weighted by molar-refractivity contribution is 0.102. The van der Waals surface area contributed by atoms with Gasteiger partial charge in [0.1, 0.15) is 5.75 Å². The summed E-state index contributed by atoms with van der Waals surface area (Å²) in [5.41, 5.74) is 2.38. The number of anilines is 1. The molecule has 0 unspecified atom stereocenters. The number of methoxy groups -OCH3 is 1. The van der Waals surface area contributed by atoms with Gasteiger partial charge in [0.2, 0.25) is 0 Å². The largest absolute Gasteiger partial charge is 0.495 e. The molecule has 0 saturated heterocycles. The number of carbonyl (C=O) groups excluding carboxylic acids is 1. The summed E-state index contributed by atoms with van der Waals surface area (Å²) in [6.07, 6.45) is 0. The molecule has 0 aliphatic carbocycles. The first kappa shape index (κ1) is 18.4. The van der Waals surface area contributed by atoms with Gasteiger partial charge in [-0.05, 0) is 35.9 Å². The molecule has 0 heterocycles. The van der Waals surface area contributed by atoms with Crippen LogP contribution in [0.1, 0.15) is 15.9 Å². The molecule has 5 heteroatoms. The number of ether oxygens (including phenoxy) is 1. The summed E-state index contributed by atoms with van der Waals surface area (Å²) < 4.78 is 5.29. The standard InChI is InChI=1S/C21H18ClNO2S/c1-25-19-12-11-16(22)13-18(19)23-21(24)17-9-5-6-10-20(17)26-14-15-7-3-2-4-8-15/h2-13H,14H2,1H3,(H,23,24). The third-order valence-corrected chi connectivity index (χ3v) is 5.16. The second-order valence-corrected chi connectivity index (χ2v) is 7.02.